The lowest BCUT2D eigenvalue weighted by molar-refractivity contribution is 1.00. The van der Waals surface area contributed by atoms with Gasteiger partial charge in [0.2, 0.25) is 5.95 Å². The Morgan fingerprint density at radius 3 is 1.39 bits per heavy atom. The molecule has 8 aromatic carbocycles. The largest absolute Gasteiger partial charge is 0.305 e. The van der Waals surface area contributed by atoms with Crippen LogP contribution in [0.5, 0.6) is 0 Å². The van der Waals surface area contributed by atoms with Crippen molar-refractivity contribution in [2.24, 2.45) is 0 Å². The molecule has 0 bridgehead atoms. The highest BCUT2D eigenvalue weighted by Crippen LogP contribution is 2.53. The van der Waals surface area contributed by atoms with Crippen LogP contribution in [-0.2, 0) is 0 Å². The summed E-state index contributed by atoms with van der Waals surface area (Å²) in [5.41, 5.74) is 13.9. The third kappa shape index (κ3) is 5.21. The van der Waals surface area contributed by atoms with Gasteiger partial charge in [0, 0.05) is 27.5 Å². The zero-order valence-corrected chi connectivity index (χ0v) is 30.3. The average Bonchev–Trinajstić information content (AvgIpc) is 3.62. The Kier molecular flexibility index (Phi) is 7.42. The molecule has 0 N–H and O–H groups in total. The minimum absolute atomic E-state index is 0.551. The predicted octanol–water partition coefficient (Wildman–Crippen LogP) is 13.1. The minimum atomic E-state index is 0.551. The maximum absolute atomic E-state index is 5.35. The number of benzene rings is 8. The van der Waals surface area contributed by atoms with Crippen LogP contribution in [-0.4, -0.2) is 19.5 Å². The molecule has 0 spiro atoms. The first kappa shape index (κ1) is 31.9. The molecule has 1 aliphatic rings. The minimum Gasteiger partial charge on any atom is -0.305 e. The molecule has 0 amide bonds. The second-order valence-electron chi connectivity index (χ2n) is 14.1. The van der Waals surface area contributed by atoms with E-state index < -0.39 is 0 Å². The lowest BCUT2D eigenvalue weighted by Gasteiger charge is -2.34. The number of rotatable bonds is 6. The summed E-state index contributed by atoms with van der Waals surface area (Å²) >= 11 is 0. The van der Waals surface area contributed by atoms with E-state index in [1.54, 1.807) is 0 Å². The lowest BCUT2D eigenvalue weighted by Crippen LogP contribution is -2.22. The Labute approximate surface area is 324 Å². The molecule has 1 aliphatic heterocycles. The van der Waals surface area contributed by atoms with Gasteiger partial charge < -0.3 is 4.57 Å². The van der Waals surface area contributed by atoms with E-state index in [1.165, 1.54) is 16.5 Å². The zero-order chi connectivity index (χ0) is 37.0. The van der Waals surface area contributed by atoms with Gasteiger partial charge in [-0.15, -0.1) is 0 Å². The van der Waals surface area contributed by atoms with E-state index in [0.717, 1.165) is 66.9 Å². The molecule has 5 nitrogen and oxygen atoms in total. The SMILES string of the molecule is c1ccc(-c2ccc3c(c2)N(c2nc(-c4ccccc4)nc(-c4ccccc4)n2)c2c(-c4ccccc4)ccc4c5ccc(-c6ccccc6)cc5n-3c24)cc1. The number of fused-ring (bicyclic) bond motifs is 5. The molecule has 0 fully saturated rings. The molecule has 0 atom stereocenters. The Morgan fingerprint density at radius 1 is 0.339 bits per heavy atom. The smallest absolute Gasteiger partial charge is 0.238 e. The van der Waals surface area contributed by atoms with Crippen molar-refractivity contribution < 1.29 is 0 Å². The van der Waals surface area contributed by atoms with Gasteiger partial charge in [0.1, 0.15) is 0 Å². The van der Waals surface area contributed by atoms with Gasteiger partial charge in [0.05, 0.1) is 28.1 Å². The van der Waals surface area contributed by atoms with Crippen molar-refractivity contribution in [2.75, 3.05) is 4.90 Å². The van der Waals surface area contributed by atoms with E-state index in [1.807, 2.05) is 36.4 Å². The summed E-state index contributed by atoms with van der Waals surface area (Å²) in [5, 5.41) is 2.35. The lowest BCUT2D eigenvalue weighted by atomic mass is 9.97. The van der Waals surface area contributed by atoms with E-state index in [9.17, 15) is 0 Å². The van der Waals surface area contributed by atoms with Crippen LogP contribution in [0, 0.1) is 0 Å². The van der Waals surface area contributed by atoms with E-state index in [4.69, 9.17) is 15.0 Å². The van der Waals surface area contributed by atoms with Gasteiger partial charge in [0.15, 0.2) is 11.6 Å². The van der Waals surface area contributed by atoms with Gasteiger partial charge in [0.25, 0.3) is 0 Å². The van der Waals surface area contributed by atoms with Crippen LogP contribution in [0.3, 0.4) is 0 Å². The van der Waals surface area contributed by atoms with Gasteiger partial charge in [-0.1, -0.05) is 182 Å². The van der Waals surface area contributed by atoms with Crippen molar-refractivity contribution in [3.63, 3.8) is 0 Å². The summed E-state index contributed by atoms with van der Waals surface area (Å²) in [6, 6.07) is 70.4. The number of nitrogens with zero attached hydrogens (tertiary/aromatic N) is 5. The maximum Gasteiger partial charge on any atom is 0.238 e. The molecule has 0 radical (unpaired) electrons. The Morgan fingerprint density at radius 2 is 0.821 bits per heavy atom. The van der Waals surface area contributed by atoms with Gasteiger partial charge in [-0.3, -0.25) is 4.90 Å². The number of hydrogen-bond acceptors (Lipinski definition) is 4. The van der Waals surface area contributed by atoms with Crippen molar-refractivity contribution in [1.82, 2.24) is 19.5 Å². The predicted molar refractivity (Wildman–Crippen MR) is 230 cm³/mol. The van der Waals surface area contributed by atoms with Crippen LogP contribution in [0.15, 0.2) is 200 Å². The van der Waals surface area contributed by atoms with E-state index >= 15 is 0 Å². The van der Waals surface area contributed by atoms with Crippen LogP contribution in [0.2, 0.25) is 0 Å². The van der Waals surface area contributed by atoms with E-state index in [0.29, 0.717) is 17.6 Å². The molecule has 11 rings (SSSR count). The summed E-state index contributed by atoms with van der Waals surface area (Å²) in [7, 11) is 0. The van der Waals surface area contributed by atoms with Gasteiger partial charge in [-0.2, -0.15) is 9.97 Å². The number of anilines is 3. The summed E-state index contributed by atoms with van der Waals surface area (Å²) in [6.07, 6.45) is 0. The fraction of sp³-hybridized carbons (Fsp3) is 0. The van der Waals surface area contributed by atoms with Crippen LogP contribution >= 0.6 is 0 Å². The third-order valence-corrected chi connectivity index (χ3v) is 10.8. The molecule has 56 heavy (non-hydrogen) atoms. The van der Waals surface area contributed by atoms with Crippen molar-refractivity contribution in [3.8, 4) is 61.8 Å². The van der Waals surface area contributed by atoms with E-state index in [2.05, 4.69) is 173 Å². The topological polar surface area (TPSA) is 46.8 Å². The zero-order valence-electron chi connectivity index (χ0n) is 30.3. The Bertz CT molecular complexity index is 2990. The molecule has 0 aliphatic carbocycles. The first-order valence-corrected chi connectivity index (χ1v) is 18.9. The van der Waals surface area contributed by atoms with E-state index in [-0.39, 0.29) is 0 Å². The first-order valence-electron chi connectivity index (χ1n) is 18.9. The molecule has 0 unspecified atom stereocenters. The fourth-order valence-electron chi connectivity index (χ4n) is 8.15. The van der Waals surface area contributed by atoms with Crippen molar-refractivity contribution in [3.05, 3.63) is 200 Å². The van der Waals surface area contributed by atoms with Crippen molar-refractivity contribution in [1.29, 1.82) is 0 Å². The second-order valence-corrected chi connectivity index (χ2v) is 14.1. The Balaban J connectivity index is 1.28. The highest BCUT2D eigenvalue weighted by Gasteiger charge is 2.34. The van der Waals surface area contributed by atoms with Gasteiger partial charge in [-0.25, -0.2) is 4.98 Å². The van der Waals surface area contributed by atoms with Crippen LogP contribution in [0.1, 0.15) is 0 Å². The standard InChI is InChI=1S/C51H33N5/c1-6-16-34(17-7-1)39-26-28-42-43-30-29-41(36-20-10-3-11-21-36)47-48(43)55(45(42)32-39)44-31-27-40(35-18-8-2-9-19-35)33-46(44)56(47)51-53-49(37-22-12-4-13-23-37)52-50(54-51)38-24-14-5-15-25-38/h1-33H. The molecule has 262 valence electrons. The molecular formula is C51H33N5. The van der Waals surface area contributed by atoms with Crippen molar-refractivity contribution >= 4 is 39.1 Å². The number of aromatic nitrogens is 4. The van der Waals surface area contributed by atoms with Gasteiger partial charge >= 0.3 is 0 Å². The molecular weight excluding hydrogens is 683 g/mol. The molecule has 2 aromatic heterocycles. The quantitative estimate of drug-likeness (QED) is 0.172. The highest BCUT2D eigenvalue weighted by molar-refractivity contribution is 6.19. The molecule has 3 heterocycles. The molecule has 5 heteroatoms. The molecule has 0 saturated heterocycles. The average molecular weight is 716 g/mol. The summed E-state index contributed by atoms with van der Waals surface area (Å²) in [4.78, 5) is 18.1. The fourth-order valence-corrected chi connectivity index (χ4v) is 8.15. The summed E-state index contributed by atoms with van der Waals surface area (Å²) in [5.74, 6) is 1.78. The van der Waals surface area contributed by atoms with Crippen LogP contribution in [0.4, 0.5) is 17.3 Å². The maximum atomic E-state index is 5.35. The molecule has 10 aromatic rings. The third-order valence-electron chi connectivity index (χ3n) is 10.8. The van der Waals surface area contributed by atoms with Gasteiger partial charge in [-0.05, 0) is 46.0 Å². The number of hydrogen-bond donors (Lipinski definition) is 0. The summed E-state index contributed by atoms with van der Waals surface area (Å²) in [6.45, 7) is 0. The normalized spacial score (nSPS) is 11.9. The van der Waals surface area contributed by atoms with Crippen LogP contribution in [0.25, 0.3) is 83.6 Å². The monoisotopic (exact) mass is 715 g/mol. The highest BCUT2D eigenvalue weighted by atomic mass is 15.3. The molecule has 0 saturated carbocycles. The first-order chi connectivity index (χ1) is 27.8. The van der Waals surface area contributed by atoms with Crippen LogP contribution < -0.4 is 4.90 Å². The second kappa shape index (κ2) is 13.0. The van der Waals surface area contributed by atoms with Crippen molar-refractivity contribution in [2.45, 2.75) is 0 Å². The Hall–Kier alpha value is -7.63. The summed E-state index contributed by atoms with van der Waals surface area (Å²) < 4.78 is 2.46.